The lowest BCUT2D eigenvalue weighted by atomic mass is 9.98. The van der Waals surface area contributed by atoms with Crippen LogP contribution in [0.5, 0.6) is 0 Å². The molecule has 104 valence electrons. The van der Waals surface area contributed by atoms with Gasteiger partial charge >= 0.3 is 0 Å². The Hall–Kier alpha value is -1.46. The zero-order valence-electron chi connectivity index (χ0n) is 11.3. The molecule has 1 aromatic heterocycles. The summed E-state index contributed by atoms with van der Waals surface area (Å²) in [5.41, 5.74) is 8.44. The molecular weight excluding hydrogens is 268 g/mol. The maximum atomic E-state index is 5.76. The van der Waals surface area contributed by atoms with Crippen LogP contribution in [0.15, 0.2) is 24.3 Å². The lowest BCUT2D eigenvalue weighted by Crippen LogP contribution is -2.17. The monoisotopic (exact) mass is 286 g/mol. The average Bonchev–Trinajstić information content (AvgIpc) is 3.10. The molecule has 0 radical (unpaired) electrons. The molecule has 0 spiro atoms. The summed E-state index contributed by atoms with van der Waals surface area (Å²) in [5.74, 6) is 2.19. The van der Waals surface area contributed by atoms with Crippen LogP contribution in [0.1, 0.15) is 42.5 Å². The standard InChI is InChI=1S/C15H18N4S/c16-8-7-11-9-19(13-4-2-1-3-12(11)13)15-17-14(18-20-15)10-5-6-10/h1-4,10-11H,5-9,16H2. The number of fused-ring (bicyclic) bond motifs is 1. The van der Waals surface area contributed by atoms with E-state index >= 15 is 0 Å². The average molecular weight is 286 g/mol. The number of benzene rings is 1. The van der Waals surface area contributed by atoms with Crippen molar-refractivity contribution in [1.29, 1.82) is 0 Å². The van der Waals surface area contributed by atoms with Gasteiger partial charge in [0.1, 0.15) is 5.82 Å². The van der Waals surface area contributed by atoms with Crippen molar-refractivity contribution in [1.82, 2.24) is 9.36 Å². The Balaban J connectivity index is 1.67. The molecule has 4 rings (SSSR count). The van der Waals surface area contributed by atoms with E-state index in [2.05, 4.69) is 33.5 Å². The second-order valence-corrected chi connectivity index (χ2v) is 6.38. The molecule has 2 heterocycles. The molecule has 0 bridgehead atoms. The molecule has 0 saturated heterocycles. The summed E-state index contributed by atoms with van der Waals surface area (Å²) in [6.07, 6.45) is 3.53. The van der Waals surface area contributed by atoms with Crippen molar-refractivity contribution in [2.45, 2.75) is 31.1 Å². The fourth-order valence-corrected chi connectivity index (χ4v) is 3.74. The Morgan fingerprint density at radius 1 is 1.30 bits per heavy atom. The molecule has 1 aliphatic heterocycles. The number of nitrogens with zero attached hydrogens (tertiary/aromatic N) is 3. The first-order chi connectivity index (χ1) is 9.86. The van der Waals surface area contributed by atoms with Crippen molar-refractivity contribution in [3.05, 3.63) is 35.7 Å². The van der Waals surface area contributed by atoms with Gasteiger partial charge in [-0.2, -0.15) is 4.37 Å². The molecule has 1 saturated carbocycles. The molecule has 0 amide bonds. The van der Waals surface area contributed by atoms with Crippen LogP contribution in [-0.4, -0.2) is 22.4 Å². The van der Waals surface area contributed by atoms with Crippen molar-refractivity contribution in [2.75, 3.05) is 18.0 Å². The van der Waals surface area contributed by atoms with Gasteiger partial charge in [-0.15, -0.1) is 0 Å². The van der Waals surface area contributed by atoms with E-state index in [9.17, 15) is 0 Å². The lowest BCUT2D eigenvalue weighted by molar-refractivity contribution is 0.668. The van der Waals surface area contributed by atoms with Crippen molar-refractivity contribution in [2.24, 2.45) is 5.73 Å². The molecule has 1 aliphatic carbocycles. The third kappa shape index (κ3) is 2.01. The van der Waals surface area contributed by atoms with Crippen LogP contribution in [-0.2, 0) is 0 Å². The highest BCUT2D eigenvalue weighted by Crippen LogP contribution is 2.44. The molecule has 4 nitrogen and oxygen atoms in total. The Labute approximate surface area is 122 Å². The normalized spacial score (nSPS) is 21.2. The minimum atomic E-state index is 0.518. The van der Waals surface area contributed by atoms with Gasteiger partial charge in [0.25, 0.3) is 0 Å². The predicted molar refractivity (Wildman–Crippen MR) is 81.7 cm³/mol. The first-order valence-corrected chi connectivity index (χ1v) is 8.04. The predicted octanol–water partition coefficient (Wildman–Crippen LogP) is 3.00. The van der Waals surface area contributed by atoms with E-state index in [1.54, 1.807) is 0 Å². The molecule has 1 fully saturated rings. The van der Waals surface area contributed by atoms with Gasteiger partial charge in [-0.3, -0.25) is 0 Å². The summed E-state index contributed by atoms with van der Waals surface area (Å²) >= 11 is 1.53. The summed E-state index contributed by atoms with van der Waals surface area (Å²) < 4.78 is 4.53. The van der Waals surface area contributed by atoms with Crippen LogP contribution in [0.2, 0.25) is 0 Å². The van der Waals surface area contributed by atoms with E-state index in [-0.39, 0.29) is 0 Å². The van der Waals surface area contributed by atoms with Crippen molar-refractivity contribution in [3.63, 3.8) is 0 Å². The van der Waals surface area contributed by atoms with Gasteiger partial charge in [-0.05, 0) is 37.4 Å². The van der Waals surface area contributed by atoms with Gasteiger partial charge in [-0.25, -0.2) is 4.98 Å². The maximum absolute atomic E-state index is 5.76. The SMILES string of the molecule is NCCC1CN(c2nc(C3CC3)ns2)c2ccccc21. The van der Waals surface area contributed by atoms with E-state index in [4.69, 9.17) is 10.7 Å². The zero-order chi connectivity index (χ0) is 13.5. The van der Waals surface area contributed by atoms with Gasteiger partial charge < -0.3 is 10.6 Å². The van der Waals surface area contributed by atoms with Crippen LogP contribution in [0.3, 0.4) is 0 Å². The highest BCUT2D eigenvalue weighted by Gasteiger charge is 2.33. The summed E-state index contributed by atoms with van der Waals surface area (Å²) in [4.78, 5) is 7.07. The van der Waals surface area contributed by atoms with Gasteiger partial charge in [0, 0.05) is 35.6 Å². The zero-order valence-corrected chi connectivity index (χ0v) is 12.1. The van der Waals surface area contributed by atoms with Gasteiger partial charge in [-0.1, -0.05) is 18.2 Å². The highest BCUT2D eigenvalue weighted by atomic mass is 32.1. The fraction of sp³-hybridized carbons (Fsp3) is 0.467. The van der Waals surface area contributed by atoms with Crippen LogP contribution in [0.25, 0.3) is 0 Å². The Kier molecular flexibility index (Phi) is 2.97. The Bertz CT molecular complexity index is 620. The number of para-hydroxylation sites is 1. The molecule has 2 aromatic rings. The van der Waals surface area contributed by atoms with Crippen molar-refractivity contribution < 1.29 is 0 Å². The number of hydrogen-bond acceptors (Lipinski definition) is 5. The van der Waals surface area contributed by atoms with E-state index in [0.717, 1.165) is 30.5 Å². The molecule has 20 heavy (non-hydrogen) atoms. The third-order valence-electron chi connectivity index (χ3n) is 4.19. The number of hydrogen-bond donors (Lipinski definition) is 1. The fourth-order valence-electron chi connectivity index (χ4n) is 2.97. The molecular formula is C15H18N4S. The molecule has 1 aromatic carbocycles. The maximum Gasteiger partial charge on any atom is 0.209 e. The summed E-state index contributed by atoms with van der Waals surface area (Å²) in [6, 6.07) is 8.61. The van der Waals surface area contributed by atoms with E-state index in [0.29, 0.717) is 11.8 Å². The third-order valence-corrected chi connectivity index (χ3v) is 4.94. The topological polar surface area (TPSA) is 55.0 Å². The number of rotatable bonds is 4. The second-order valence-electron chi connectivity index (χ2n) is 5.65. The molecule has 1 unspecified atom stereocenters. The van der Waals surface area contributed by atoms with Crippen molar-refractivity contribution in [3.8, 4) is 0 Å². The highest BCUT2D eigenvalue weighted by molar-refractivity contribution is 7.09. The summed E-state index contributed by atoms with van der Waals surface area (Å²) in [5, 5.41) is 1.04. The quantitative estimate of drug-likeness (QED) is 0.938. The Morgan fingerprint density at radius 3 is 2.95 bits per heavy atom. The first-order valence-electron chi connectivity index (χ1n) is 7.27. The summed E-state index contributed by atoms with van der Waals surface area (Å²) in [6.45, 7) is 1.71. The minimum absolute atomic E-state index is 0.518. The number of anilines is 2. The van der Waals surface area contributed by atoms with Gasteiger partial charge in [0.2, 0.25) is 5.13 Å². The minimum Gasteiger partial charge on any atom is -0.330 e. The molecule has 2 aliphatic rings. The van der Waals surface area contributed by atoms with Crippen LogP contribution in [0.4, 0.5) is 10.8 Å². The van der Waals surface area contributed by atoms with Crippen LogP contribution >= 0.6 is 11.5 Å². The number of nitrogens with two attached hydrogens (primary N) is 1. The molecule has 1 atom stereocenters. The van der Waals surface area contributed by atoms with E-state index in [1.807, 2.05) is 0 Å². The largest absolute Gasteiger partial charge is 0.330 e. The second kappa shape index (κ2) is 4.82. The smallest absolute Gasteiger partial charge is 0.209 e. The molecule has 2 N–H and O–H groups in total. The lowest BCUT2D eigenvalue weighted by Gasteiger charge is -2.15. The number of aromatic nitrogens is 2. The van der Waals surface area contributed by atoms with E-state index < -0.39 is 0 Å². The molecule has 5 heteroatoms. The van der Waals surface area contributed by atoms with Crippen LogP contribution in [0, 0.1) is 0 Å². The Morgan fingerprint density at radius 2 is 2.15 bits per heavy atom. The first kappa shape index (κ1) is 12.3. The van der Waals surface area contributed by atoms with Gasteiger partial charge in [0.05, 0.1) is 0 Å². The van der Waals surface area contributed by atoms with Gasteiger partial charge in [0.15, 0.2) is 0 Å². The van der Waals surface area contributed by atoms with Crippen molar-refractivity contribution >= 4 is 22.4 Å². The van der Waals surface area contributed by atoms with E-state index in [1.165, 1.54) is 35.6 Å². The van der Waals surface area contributed by atoms with Crippen LogP contribution < -0.4 is 10.6 Å². The summed E-state index contributed by atoms with van der Waals surface area (Å²) in [7, 11) is 0.